The zero-order valence-electron chi connectivity index (χ0n) is 13.9. The minimum atomic E-state index is -0.239. The molecule has 7 heteroatoms. The second-order valence-corrected chi connectivity index (χ2v) is 6.09. The van der Waals surface area contributed by atoms with Crippen molar-refractivity contribution in [1.29, 1.82) is 0 Å². The molecule has 2 aromatic heterocycles. The third-order valence-electron chi connectivity index (χ3n) is 4.42. The molecule has 7 nitrogen and oxygen atoms in total. The van der Waals surface area contributed by atoms with E-state index in [1.165, 1.54) is 6.26 Å². The molecule has 24 heavy (non-hydrogen) atoms. The Morgan fingerprint density at radius 2 is 2.25 bits per heavy atom. The number of furan rings is 1. The Balaban J connectivity index is 1.61. The van der Waals surface area contributed by atoms with Crippen molar-refractivity contribution in [2.24, 2.45) is 0 Å². The minimum absolute atomic E-state index is 0.0405. The molecule has 1 atom stereocenters. The summed E-state index contributed by atoms with van der Waals surface area (Å²) in [6.07, 6.45) is 3.22. The van der Waals surface area contributed by atoms with Crippen LogP contribution in [0.5, 0.6) is 0 Å². The van der Waals surface area contributed by atoms with Gasteiger partial charge in [0.1, 0.15) is 5.76 Å². The maximum Gasteiger partial charge on any atom is 0.287 e. The fourth-order valence-electron chi connectivity index (χ4n) is 2.93. The Labute approximate surface area is 140 Å². The van der Waals surface area contributed by atoms with Crippen molar-refractivity contribution in [3.63, 3.8) is 0 Å². The number of nitrogens with zero attached hydrogens (tertiary/aromatic N) is 2. The molecule has 128 valence electrons. The summed E-state index contributed by atoms with van der Waals surface area (Å²) >= 11 is 0. The molecule has 1 unspecified atom stereocenters. The second kappa shape index (κ2) is 6.90. The van der Waals surface area contributed by atoms with Crippen LogP contribution in [0, 0.1) is 13.8 Å². The maximum atomic E-state index is 12.4. The van der Waals surface area contributed by atoms with Gasteiger partial charge in [-0.1, -0.05) is 5.16 Å². The van der Waals surface area contributed by atoms with Gasteiger partial charge in [0.05, 0.1) is 18.5 Å². The number of carbonyl (C=O) groups is 2. The van der Waals surface area contributed by atoms with Gasteiger partial charge in [-0.15, -0.1) is 0 Å². The molecule has 2 amide bonds. The summed E-state index contributed by atoms with van der Waals surface area (Å²) in [5, 5.41) is 6.87. The van der Waals surface area contributed by atoms with E-state index in [0.29, 0.717) is 32.4 Å². The van der Waals surface area contributed by atoms with Crippen molar-refractivity contribution in [3.05, 3.63) is 41.2 Å². The quantitative estimate of drug-likeness (QED) is 0.928. The number of rotatable bonds is 4. The predicted molar refractivity (Wildman–Crippen MR) is 85.2 cm³/mol. The highest BCUT2D eigenvalue weighted by Crippen LogP contribution is 2.19. The van der Waals surface area contributed by atoms with Crippen LogP contribution in [0.15, 0.2) is 27.3 Å². The zero-order valence-corrected chi connectivity index (χ0v) is 13.9. The highest BCUT2D eigenvalue weighted by molar-refractivity contribution is 5.91. The van der Waals surface area contributed by atoms with Gasteiger partial charge in [-0.25, -0.2) is 0 Å². The van der Waals surface area contributed by atoms with Crippen LogP contribution in [0.4, 0.5) is 0 Å². The molecule has 3 rings (SSSR count). The van der Waals surface area contributed by atoms with Crippen molar-refractivity contribution in [2.45, 2.75) is 45.7 Å². The number of hydrogen-bond acceptors (Lipinski definition) is 5. The van der Waals surface area contributed by atoms with Gasteiger partial charge in [0.15, 0.2) is 5.76 Å². The number of carbonyl (C=O) groups excluding carboxylic acids is 2. The van der Waals surface area contributed by atoms with E-state index in [2.05, 4.69) is 10.5 Å². The van der Waals surface area contributed by atoms with Gasteiger partial charge < -0.3 is 19.2 Å². The van der Waals surface area contributed by atoms with Crippen molar-refractivity contribution in [1.82, 2.24) is 15.4 Å². The van der Waals surface area contributed by atoms with Crippen molar-refractivity contribution in [3.8, 4) is 0 Å². The lowest BCUT2D eigenvalue weighted by atomic mass is 10.1. The first-order valence-electron chi connectivity index (χ1n) is 8.08. The highest BCUT2D eigenvalue weighted by Gasteiger charge is 2.25. The summed E-state index contributed by atoms with van der Waals surface area (Å²) in [6.45, 7) is 4.81. The average Bonchev–Trinajstić information content (AvgIpc) is 3.16. The third-order valence-corrected chi connectivity index (χ3v) is 4.42. The molecule has 0 saturated carbocycles. The Morgan fingerprint density at radius 3 is 2.92 bits per heavy atom. The number of hydrogen-bond donors (Lipinski definition) is 1. The fraction of sp³-hybridized carbons (Fsp3) is 0.471. The fourth-order valence-corrected chi connectivity index (χ4v) is 2.93. The van der Waals surface area contributed by atoms with E-state index < -0.39 is 0 Å². The molecule has 1 aliphatic heterocycles. The van der Waals surface area contributed by atoms with E-state index in [-0.39, 0.29) is 23.6 Å². The maximum absolute atomic E-state index is 12.4. The molecule has 1 saturated heterocycles. The molecule has 0 aliphatic carbocycles. The Bertz CT molecular complexity index is 701. The summed E-state index contributed by atoms with van der Waals surface area (Å²) < 4.78 is 10.3. The van der Waals surface area contributed by atoms with Gasteiger partial charge in [0.25, 0.3) is 5.91 Å². The number of aromatic nitrogens is 1. The molecule has 0 spiro atoms. The molecule has 0 radical (unpaired) electrons. The minimum Gasteiger partial charge on any atom is -0.459 e. The van der Waals surface area contributed by atoms with Crippen LogP contribution in [0.2, 0.25) is 0 Å². The van der Waals surface area contributed by atoms with Gasteiger partial charge in [-0.05, 0) is 38.8 Å². The first-order valence-corrected chi connectivity index (χ1v) is 8.08. The van der Waals surface area contributed by atoms with Gasteiger partial charge in [0.2, 0.25) is 5.91 Å². The third kappa shape index (κ3) is 3.50. The van der Waals surface area contributed by atoms with E-state index in [4.69, 9.17) is 8.94 Å². The second-order valence-electron chi connectivity index (χ2n) is 6.09. The molecule has 1 fully saturated rings. The first-order chi connectivity index (χ1) is 11.5. The van der Waals surface area contributed by atoms with Gasteiger partial charge in [0, 0.05) is 24.6 Å². The molecule has 3 heterocycles. The summed E-state index contributed by atoms with van der Waals surface area (Å²) in [4.78, 5) is 26.2. The zero-order chi connectivity index (χ0) is 17.1. The standard InChI is InChI=1S/C17H21N3O4/c1-11-14(12(2)24-19-11)10-20-8-7-13(5-6-16(20)21)18-17(22)15-4-3-9-23-15/h3-4,9,13H,5-8,10H2,1-2H3,(H,18,22). The summed E-state index contributed by atoms with van der Waals surface area (Å²) in [5.41, 5.74) is 1.77. The van der Waals surface area contributed by atoms with E-state index >= 15 is 0 Å². The lowest BCUT2D eigenvalue weighted by Gasteiger charge is -2.21. The van der Waals surface area contributed by atoms with Crippen LogP contribution in [-0.2, 0) is 11.3 Å². The van der Waals surface area contributed by atoms with Crippen molar-refractivity contribution in [2.75, 3.05) is 6.54 Å². The lowest BCUT2D eigenvalue weighted by Crippen LogP contribution is -2.35. The van der Waals surface area contributed by atoms with Crippen LogP contribution >= 0.6 is 0 Å². The summed E-state index contributed by atoms with van der Waals surface area (Å²) in [6, 6.07) is 3.26. The molecule has 1 aliphatic rings. The first kappa shape index (κ1) is 16.3. The predicted octanol–water partition coefficient (Wildman–Crippen LogP) is 2.20. The van der Waals surface area contributed by atoms with Gasteiger partial charge >= 0.3 is 0 Å². The topological polar surface area (TPSA) is 88.6 Å². The summed E-state index contributed by atoms with van der Waals surface area (Å²) in [7, 11) is 0. The van der Waals surface area contributed by atoms with Crippen LogP contribution in [0.1, 0.15) is 46.8 Å². The van der Waals surface area contributed by atoms with Crippen molar-refractivity contribution >= 4 is 11.8 Å². The van der Waals surface area contributed by atoms with Crippen LogP contribution in [0.25, 0.3) is 0 Å². The monoisotopic (exact) mass is 331 g/mol. The largest absolute Gasteiger partial charge is 0.459 e. The molecular formula is C17H21N3O4. The summed E-state index contributed by atoms with van der Waals surface area (Å²) in [5.74, 6) is 0.881. The SMILES string of the molecule is Cc1noc(C)c1CN1CCC(NC(=O)c2ccco2)CCC1=O. The van der Waals surface area contributed by atoms with E-state index in [9.17, 15) is 9.59 Å². The molecule has 0 aromatic carbocycles. The number of amides is 2. The molecule has 0 bridgehead atoms. The Hall–Kier alpha value is -2.57. The van der Waals surface area contributed by atoms with Crippen LogP contribution in [-0.4, -0.2) is 34.5 Å². The molecule has 2 aromatic rings. The Morgan fingerprint density at radius 1 is 1.42 bits per heavy atom. The van der Waals surface area contributed by atoms with E-state index in [1.807, 2.05) is 18.7 Å². The van der Waals surface area contributed by atoms with Crippen LogP contribution < -0.4 is 5.32 Å². The number of likely N-dealkylation sites (tertiary alicyclic amines) is 1. The molecular weight excluding hydrogens is 310 g/mol. The van der Waals surface area contributed by atoms with Crippen LogP contribution in [0.3, 0.4) is 0 Å². The normalized spacial score (nSPS) is 18.5. The van der Waals surface area contributed by atoms with E-state index in [0.717, 1.165) is 17.0 Å². The molecule has 1 N–H and O–H groups in total. The average molecular weight is 331 g/mol. The lowest BCUT2D eigenvalue weighted by molar-refractivity contribution is -0.131. The highest BCUT2D eigenvalue weighted by atomic mass is 16.5. The van der Waals surface area contributed by atoms with Crippen molar-refractivity contribution < 1.29 is 18.5 Å². The van der Waals surface area contributed by atoms with E-state index in [1.54, 1.807) is 12.1 Å². The van der Waals surface area contributed by atoms with Gasteiger partial charge in [-0.2, -0.15) is 0 Å². The van der Waals surface area contributed by atoms with Gasteiger partial charge in [-0.3, -0.25) is 9.59 Å². The Kier molecular flexibility index (Phi) is 4.69. The number of nitrogens with one attached hydrogen (secondary N) is 1. The smallest absolute Gasteiger partial charge is 0.287 e. The number of aryl methyl sites for hydroxylation is 2.